The zero-order valence-electron chi connectivity index (χ0n) is 10.3. The molecule has 3 heteroatoms. The van der Waals surface area contributed by atoms with Gasteiger partial charge in [-0.05, 0) is 36.6 Å². The fraction of sp³-hybridized carbons (Fsp3) is 0.538. The number of rotatable bonds is 6. The normalized spacial score (nSPS) is 10.6. The second-order valence-electron chi connectivity index (χ2n) is 4.23. The van der Waals surface area contributed by atoms with Gasteiger partial charge in [-0.3, -0.25) is 0 Å². The quantitative estimate of drug-likeness (QED) is 0.804. The van der Waals surface area contributed by atoms with Gasteiger partial charge in [-0.2, -0.15) is 0 Å². The van der Waals surface area contributed by atoms with Crippen LogP contribution in [-0.2, 0) is 6.42 Å². The Morgan fingerprint density at radius 2 is 2.00 bits per heavy atom. The SMILES string of the molecule is COc1ccc(CCN)cc1OCC(C)C. The molecule has 0 aliphatic heterocycles. The van der Waals surface area contributed by atoms with E-state index in [0.717, 1.165) is 17.9 Å². The third-order valence-corrected chi connectivity index (χ3v) is 2.23. The van der Waals surface area contributed by atoms with Crippen molar-refractivity contribution in [3.05, 3.63) is 23.8 Å². The molecule has 0 fully saturated rings. The van der Waals surface area contributed by atoms with Gasteiger partial charge in [-0.25, -0.2) is 0 Å². The smallest absolute Gasteiger partial charge is 0.161 e. The van der Waals surface area contributed by atoms with Gasteiger partial charge >= 0.3 is 0 Å². The summed E-state index contributed by atoms with van der Waals surface area (Å²) in [4.78, 5) is 0. The molecule has 0 amide bonds. The first-order valence-corrected chi connectivity index (χ1v) is 5.67. The van der Waals surface area contributed by atoms with Crippen LogP contribution in [0.15, 0.2) is 18.2 Å². The van der Waals surface area contributed by atoms with Crippen LogP contribution < -0.4 is 15.2 Å². The fourth-order valence-electron chi connectivity index (χ4n) is 1.41. The molecule has 0 heterocycles. The number of benzene rings is 1. The van der Waals surface area contributed by atoms with E-state index in [1.54, 1.807) is 7.11 Å². The summed E-state index contributed by atoms with van der Waals surface area (Å²) in [5, 5.41) is 0. The lowest BCUT2D eigenvalue weighted by atomic mass is 10.1. The van der Waals surface area contributed by atoms with E-state index in [1.165, 1.54) is 5.56 Å². The number of hydrogen-bond donors (Lipinski definition) is 1. The van der Waals surface area contributed by atoms with E-state index in [0.29, 0.717) is 19.1 Å². The standard InChI is InChI=1S/C13H21NO2/c1-10(2)9-16-13-8-11(6-7-14)4-5-12(13)15-3/h4-5,8,10H,6-7,9,14H2,1-3H3. The van der Waals surface area contributed by atoms with Gasteiger partial charge in [0.15, 0.2) is 11.5 Å². The molecule has 0 radical (unpaired) electrons. The Kier molecular flexibility index (Phi) is 5.12. The highest BCUT2D eigenvalue weighted by atomic mass is 16.5. The highest BCUT2D eigenvalue weighted by molar-refractivity contribution is 5.43. The lowest BCUT2D eigenvalue weighted by Crippen LogP contribution is -2.07. The number of methoxy groups -OCH3 is 1. The van der Waals surface area contributed by atoms with Crippen molar-refractivity contribution in [3.8, 4) is 11.5 Å². The average Bonchev–Trinajstić information content (AvgIpc) is 2.27. The largest absolute Gasteiger partial charge is 0.493 e. The van der Waals surface area contributed by atoms with Gasteiger partial charge in [0.05, 0.1) is 13.7 Å². The highest BCUT2D eigenvalue weighted by Crippen LogP contribution is 2.28. The van der Waals surface area contributed by atoms with E-state index in [1.807, 2.05) is 18.2 Å². The van der Waals surface area contributed by atoms with Crippen molar-refractivity contribution in [2.24, 2.45) is 11.7 Å². The summed E-state index contributed by atoms with van der Waals surface area (Å²) >= 11 is 0. The van der Waals surface area contributed by atoms with Crippen LogP contribution in [0.25, 0.3) is 0 Å². The maximum absolute atomic E-state index is 5.71. The van der Waals surface area contributed by atoms with Crippen LogP contribution in [0.2, 0.25) is 0 Å². The first-order chi connectivity index (χ1) is 7.67. The van der Waals surface area contributed by atoms with Crippen LogP contribution >= 0.6 is 0 Å². The van der Waals surface area contributed by atoms with Gasteiger partial charge in [0.2, 0.25) is 0 Å². The van der Waals surface area contributed by atoms with Crippen molar-refractivity contribution in [2.45, 2.75) is 20.3 Å². The maximum Gasteiger partial charge on any atom is 0.161 e. The van der Waals surface area contributed by atoms with E-state index in [9.17, 15) is 0 Å². The van der Waals surface area contributed by atoms with Crippen molar-refractivity contribution in [1.29, 1.82) is 0 Å². The highest BCUT2D eigenvalue weighted by Gasteiger charge is 2.06. The van der Waals surface area contributed by atoms with Crippen molar-refractivity contribution in [3.63, 3.8) is 0 Å². The van der Waals surface area contributed by atoms with Crippen LogP contribution in [-0.4, -0.2) is 20.3 Å². The van der Waals surface area contributed by atoms with Crippen LogP contribution in [0.3, 0.4) is 0 Å². The zero-order valence-corrected chi connectivity index (χ0v) is 10.3. The Hall–Kier alpha value is -1.22. The Balaban J connectivity index is 2.79. The average molecular weight is 223 g/mol. The molecule has 0 saturated heterocycles. The Morgan fingerprint density at radius 3 is 2.56 bits per heavy atom. The predicted octanol–water partition coefficient (Wildman–Crippen LogP) is 2.23. The summed E-state index contributed by atoms with van der Waals surface area (Å²) in [6.45, 7) is 5.59. The van der Waals surface area contributed by atoms with Crippen molar-refractivity contribution >= 4 is 0 Å². The van der Waals surface area contributed by atoms with Crippen molar-refractivity contribution < 1.29 is 9.47 Å². The van der Waals surface area contributed by atoms with Gasteiger partial charge < -0.3 is 15.2 Å². The molecule has 0 aliphatic rings. The van der Waals surface area contributed by atoms with E-state index >= 15 is 0 Å². The third kappa shape index (κ3) is 3.74. The summed E-state index contributed by atoms with van der Waals surface area (Å²) in [7, 11) is 1.65. The maximum atomic E-state index is 5.71. The lowest BCUT2D eigenvalue weighted by molar-refractivity contribution is 0.256. The van der Waals surface area contributed by atoms with Crippen molar-refractivity contribution in [1.82, 2.24) is 0 Å². The fourth-order valence-corrected chi connectivity index (χ4v) is 1.41. The summed E-state index contributed by atoms with van der Waals surface area (Å²) in [6, 6.07) is 5.96. The second kappa shape index (κ2) is 6.38. The topological polar surface area (TPSA) is 44.5 Å². The van der Waals surface area contributed by atoms with Crippen LogP contribution in [0, 0.1) is 5.92 Å². The minimum absolute atomic E-state index is 0.503. The second-order valence-corrected chi connectivity index (χ2v) is 4.23. The predicted molar refractivity (Wildman–Crippen MR) is 66.1 cm³/mol. The zero-order chi connectivity index (χ0) is 12.0. The molecule has 0 aromatic heterocycles. The molecule has 90 valence electrons. The van der Waals surface area contributed by atoms with E-state index in [-0.39, 0.29) is 0 Å². The monoisotopic (exact) mass is 223 g/mol. The molecular formula is C13H21NO2. The molecule has 1 rings (SSSR count). The molecule has 2 N–H and O–H groups in total. The molecule has 0 spiro atoms. The van der Waals surface area contributed by atoms with Crippen LogP contribution in [0.5, 0.6) is 11.5 Å². The molecular weight excluding hydrogens is 202 g/mol. The molecule has 1 aromatic rings. The van der Waals surface area contributed by atoms with Gasteiger partial charge in [0.1, 0.15) is 0 Å². The summed E-state index contributed by atoms with van der Waals surface area (Å²) in [6.07, 6.45) is 0.863. The van der Waals surface area contributed by atoms with E-state index < -0.39 is 0 Å². The van der Waals surface area contributed by atoms with E-state index in [2.05, 4.69) is 13.8 Å². The molecule has 0 bridgehead atoms. The minimum Gasteiger partial charge on any atom is -0.493 e. The first kappa shape index (κ1) is 12.8. The number of ether oxygens (including phenoxy) is 2. The van der Waals surface area contributed by atoms with Crippen molar-refractivity contribution in [2.75, 3.05) is 20.3 Å². The van der Waals surface area contributed by atoms with Crippen LogP contribution in [0.4, 0.5) is 0 Å². The van der Waals surface area contributed by atoms with Gasteiger partial charge in [0, 0.05) is 0 Å². The molecule has 1 aromatic carbocycles. The van der Waals surface area contributed by atoms with E-state index in [4.69, 9.17) is 15.2 Å². The van der Waals surface area contributed by atoms with Gasteiger partial charge in [-0.15, -0.1) is 0 Å². The Labute approximate surface area is 97.6 Å². The Bertz CT molecular complexity index is 324. The summed E-state index contributed by atoms with van der Waals surface area (Å²) in [5.41, 5.74) is 6.71. The van der Waals surface area contributed by atoms with Gasteiger partial charge in [0.25, 0.3) is 0 Å². The minimum atomic E-state index is 0.503. The third-order valence-electron chi connectivity index (χ3n) is 2.23. The first-order valence-electron chi connectivity index (χ1n) is 5.67. The summed E-state index contributed by atoms with van der Waals surface area (Å²) < 4.78 is 11.0. The molecule has 0 unspecified atom stereocenters. The van der Waals surface area contributed by atoms with Gasteiger partial charge in [-0.1, -0.05) is 19.9 Å². The summed E-state index contributed by atoms with van der Waals surface area (Å²) in [5.74, 6) is 2.09. The molecule has 16 heavy (non-hydrogen) atoms. The molecule has 0 atom stereocenters. The molecule has 3 nitrogen and oxygen atoms in total. The Morgan fingerprint density at radius 1 is 1.25 bits per heavy atom. The van der Waals surface area contributed by atoms with Crippen LogP contribution in [0.1, 0.15) is 19.4 Å². The molecule has 0 saturated carbocycles. The molecule has 0 aliphatic carbocycles. The lowest BCUT2D eigenvalue weighted by Gasteiger charge is -2.13. The number of hydrogen-bond acceptors (Lipinski definition) is 3. The number of nitrogens with two attached hydrogens (primary N) is 1.